The molecule has 7 nitrogen and oxygen atoms in total. The Morgan fingerprint density at radius 3 is 2.36 bits per heavy atom. The molecule has 0 aliphatic rings. The summed E-state index contributed by atoms with van der Waals surface area (Å²) in [4.78, 5) is 23.4. The van der Waals surface area contributed by atoms with Gasteiger partial charge in [-0.1, -0.05) is 24.3 Å². The van der Waals surface area contributed by atoms with Crippen LogP contribution in [0.25, 0.3) is 10.4 Å². The summed E-state index contributed by atoms with van der Waals surface area (Å²) in [6, 6.07) is 8.66. The van der Waals surface area contributed by atoms with Crippen molar-refractivity contribution in [2.24, 2.45) is 11.5 Å². The second-order valence-corrected chi connectivity index (χ2v) is 7.35. The fourth-order valence-corrected chi connectivity index (χ4v) is 3.18. The summed E-state index contributed by atoms with van der Waals surface area (Å²) in [5, 5.41) is 15.3. The molecular formula is C17H22N4O3S. The normalized spacial score (nSPS) is 11.3. The van der Waals surface area contributed by atoms with Gasteiger partial charge in [0.25, 0.3) is 5.91 Å². The van der Waals surface area contributed by atoms with E-state index in [1.54, 1.807) is 6.07 Å². The standard InChI is InChI=1S/C17H22N4O3S/c1-17(2,9-22)20-8-10-3-5-11(6-4-10)13-7-12(14(18)23)15(25-13)21-16(19)24/h3-7,20,22H,8-9H2,1-2H3,(H2,18,23)(H3,19,21,24). The first-order valence-electron chi connectivity index (χ1n) is 7.67. The number of thiophene rings is 1. The van der Waals surface area contributed by atoms with E-state index in [4.69, 9.17) is 11.5 Å². The number of amides is 3. The van der Waals surface area contributed by atoms with Gasteiger partial charge < -0.3 is 21.9 Å². The van der Waals surface area contributed by atoms with Crippen LogP contribution < -0.4 is 22.1 Å². The van der Waals surface area contributed by atoms with E-state index in [1.807, 2.05) is 38.1 Å². The Kier molecular flexibility index (Phi) is 5.78. The number of nitrogens with one attached hydrogen (secondary N) is 2. The molecular weight excluding hydrogens is 340 g/mol. The molecule has 1 heterocycles. The zero-order chi connectivity index (χ0) is 18.6. The molecule has 134 valence electrons. The maximum absolute atomic E-state index is 11.5. The van der Waals surface area contributed by atoms with Crippen molar-refractivity contribution in [1.82, 2.24) is 5.32 Å². The molecule has 25 heavy (non-hydrogen) atoms. The van der Waals surface area contributed by atoms with Crippen LogP contribution in [0.3, 0.4) is 0 Å². The number of carbonyl (C=O) groups is 2. The maximum atomic E-state index is 11.5. The van der Waals surface area contributed by atoms with Crippen molar-refractivity contribution >= 4 is 28.3 Å². The number of nitrogens with two attached hydrogens (primary N) is 2. The average Bonchev–Trinajstić information content (AvgIpc) is 2.97. The lowest BCUT2D eigenvalue weighted by atomic mass is 10.1. The Morgan fingerprint density at radius 1 is 1.20 bits per heavy atom. The van der Waals surface area contributed by atoms with Crippen LogP contribution in [0.5, 0.6) is 0 Å². The highest BCUT2D eigenvalue weighted by Crippen LogP contribution is 2.35. The third kappa shape index (κ3) is 5.02. The lowest BCUT2D eigenvalue weighted by Crippen LogP contribution is -2.42. The topological polar surface area (TPSA) is 130 Å². The van der Waals surface area contributed by atoms with Crippen LogP contribution in [0, 0.1) is 0 Å². The fraction of sp³-hybridized carbons (Fsp3) is 0.294. The number of anilines is 1. The number of aliphatic hydroxyl groups excluding tert-OH is 1. The molecule has 2 aromatic rings. The number of urea groups is 1. The molecule has 0 atom stereocenters. The first-order valence-corrected chi connectivity index (χ1v) is 8.49. The number of aliphatic hydroxyl groups is 1. The van der Waals surface area contributed by atoms with E-state index in [9.17, 15) is 14.7 Å². The largest absolute Gasteiger partial charge is 0.394 e. The minimum absolute atomic E-state index is 0.0474. The molecule has 0 unspecified atom stereocenters. The lowest BCUT2D eigenvalue weighted by molar-refractivity contribution is 0.100. The van der Waals surface area contributed by atoms with E-state index in [0.29, 0.717) is 11.5 Å². The number of primary amides is 2. The van der Waals surface area contributed by atoms with Crippen LogP contribution in [0.2, 0.25) is 0 Å². The third-order valence-electron chi connectivity index (χ3n) is 3.64. The molecule has 7 N–H and O–H groups in total. The summed E-state index contributed by atoms with van der Waals surface area (Å²) in [5.74, 6) is -0.627. The predicted molar refractivity (Wildman–Crippen MR) is 99.5 cm³/mol. The molecule has 0 saturated carbocycles. The zero-order valence-corrected chi connectivity index (χ0v) is 14.9. The number of hydrogen-bond acceptors (Lipinski definition) is 5. The van der Waals surface area contributed by atoms with Crippen molar-refractivity contribution in [3.8, 4) is 10.4 Å². The van der Waals surface area contributed by atoms with E-state index in [1.165, 1.54) is 11.3 Å². The van der Waals surface area contributed by atoms with Gasteiger partial charge in [-0.15, -0.1) is 11.3 Å². The van der Waals surface area contributed by atoms with Gasteiger partial charge in [-0.2, -0.15) is 0 Å². The maximum Gasteiger partial charge on any atom is 0.317 e. The van der Waals surface area contributed by atoms with E-state index >= 15 is 0 Å². The van der Waals surface area contributed by atoms with E-state index in [2.05, 4.69) is 10.6 Å². The van der Waals surface area contributed by atoms with Crippen LogP contribution in [-0.2, 0) is 6.54 Å². The molecule has 0 aliphatic carbocycles. The molecule has 0 fully saturated rings. The highest BCUT2D eigenvalue weighted by atomic mass is 32.1. The van der Waals surface area contributed by atoms with Crippen LogP contribution in [0.15, 0.2) is 30.3 Å². The van der Waals surface area contributed by atoms with Gasteiger partial charge in [0, 0.05) is 17.0 Å². The number of hydrogen-bond donors (Lipinski definition) is 5. The predicted octanol–water partition coefficient (Wildman–Crippen LogP) is 1.87. The summed E-state index contributed by atoms with van der Waals surface area (Å²) in [5.41, 5.74) is 12.3. The van der Waals surface area contributed by atoms with Crippen molar-refractivity contribution in [1.29, 1.82) is 0 Å². The van der Waals surface area contributed by atoms with Crippen LogP contribution in [0.1, 0.15) is 29.8 Å². The second kappa shape index (κ2) is 7.64. The fourth-order valence-electron chi connectivity index (χ4n) is 2.11. The van der Waals surface area contributed by atoms with Gasteiger partial charge >= 0.3 is 6.03 Å². The van der Waals surface area contributed by atoms with Gasteiger partial charge in [0.2, 0.25) is 0 Å². The Labute approximate surface area is 150 Å². The van der Waals surface area contributed by atoms with Crippen LogP contribution >= 0.6 is 11.3 Å². The molecule has 0 saturated heterocycles. The minimum atomic E-state index is -0.746. The molecule has 0 aliphatic heterocycles. The Hall–Kier alpha value is -2.42. The van der Waals surface area contributed by atoms with E-state index < -0.39 is 11.9 Å². The summed E-state index contributed by atoms with van der Waals surface area (Å²) in [6.45, 7) is 4.52. The first-order chi connectivity index (χ1) is 11.7. The van der Waals surface area contributed by atoms with Gasteiger partial charge in [-0.25, -0.2) is 4.79 Å². The average molecular weight is 362 g/mol. The lowest BCUT2D eigenvalue weighted by Gasteiger charge is -2.23. The smallest absolute Gasteiger partial charge is 0.317 e. The van der Waals surface area contributed by atoms with E-state index in [0.717, 1.165) is 16.0 Å². The van der Waals surface area contributed by atoms with Crippen molar-refractivity contribution in [2.45, 2.75) is 25.9 Å². The second-order valence-electron chi connectivity index (χ2n) is 6.30. The van der Waals surface area contributed by atoms with Crippen molar-refractivity contribution in [3.05, 3.63) is 41.5 Å². The Morgan fingerprint density at radius 2 is 1.84 bits per heavy atom. The molecule has 1 aromatic carbocycles. The third-order valence-corrected chi connectivity index (χ3v) is 4.74. The van der Waals surface area contributed by atoms with Crippen molar-refractivity contribution < 1.29 is 14.7 Å². The zero-order valence-electron chi connectivity index (χ0n) is 14.1. The van der Waals surface area contributed by atoms with Crippen LogP contribution in [-0.4, -0.2) is 29.2 Å². The monoisotopic (exact) mass is 362 g/mol. The van der Waals surface area contributed by atoms with Gasteiger partial charge in [0.1, 0.15) is 5.00 Å². The summed E-state index contributed by atoms with van der Waals surface area (Å²) in [7, 11) is 0. The van der Waals surface area contributed by atoms with Gasteiger partial charge in [0.05, 0.1) is 12.2 Å². The number of rotatable bonds is 7. The molecule has 0 radical (unpaired) electrons. The summed E-state index contributed by atoms with van der Waals surface area (Å²) >= 11 is 1.23. The van der Waals surface area contributed by atoms with Crippen molar-refractivity contribution in [3.63, 3.8) is 0 Å². The van der Waals surface area contributed by atoms with Crippen molar-refractivity contribution in [2.75, 3.05) is 11.9 Å². The highest BCUT2D eigenvalue weighted by Gasteiger charge is 2.17. The minimum Gasteiger partial charge on any atom is -0.394 e. The summed E-state index contributed by atoms with van der Waals surface area (Å²) in [6.07, 6.45) is 0. The molecule has 2 rings (SSSR count). The molecule has 0 bridgehead atoms. The first kappa shape index (κ1) is 18.9. The quantitative estimate of drug-likeness (QED) is 0.514. The van der Waals surface area contributed by atoms with E-state index in [-0.39, 0.29) is 17.7 Å². The Bertz CT molecular complexity index is 769. The molecule has 3 amide bonds. The number of carbonyl (C=O) groups excluding carboxylic acids is 2. The SMILES string of the molecule is CC(C)(CO)NCc1ccc(-c2cc(C(N)=O)c(NC(N)=O)s2)cc1. The van der Waals surface area contributed by atoms with Gasteiger partial charge in [0.15, 0.2) is 0 Å². The molecule has 1 aromatic heterocycles. The highest BCUT2D eigenvalue weighted by molar-refractivity contribution is 7.20. The molecule has 0 spiro atoms. The van der Waals surface area contributed by atoms with Crippen LogP contribution in [0.4, 0.5) is 9.80 Å². The number of benzene rings is 1. The van der Waals surface area contributed by atoms with Gasteiger partial charge in [-0.05, 0) is 31.0 Å². The van der Waals surface area contributed by atoms with Gasteiger partial charge in [-0.3, -0.25) is 10.1 Å². The summed E-state index contributed by atoms with van der Waals surface area (Å²) < 4.78 is 0. The molecule has 8 heteroatoms. The Balaban J connectivity index is 2.19.